The number of hydrogen-bond donors (Lipinski definition) is 1. The molecule has 0 aliphatic carbocycles. The van der Waals surface area contributed by atoms with Gasteiger partial charge in [0.2, 0.25) is 0 Å². The van der Waals surface area contributed by atoms with Crippen molar-refractivity contribution in [3.63, 3.8) is 0 Å². The lowest BCUT2D eigenvalue weighted by molar-refractivity contribution is 0.586. The standard InChI is InChI=1S/C13H21N3O2S/c1-2-6-14-11-12-4-3-5-13(15-12)16-7-9-19(17,18)10-8-16/h3-5,14H,2,6-11H2,1H3. The molecular weight excluding hydrogens is 262 g/mol. The summed E-state index contributed by atoms with van der Waals surface area (Å²) in [6.07, 6.45) is 1.10. The Hall–Kier alpha value is -1.14. The third kappa shape index (κ3) is 4.18. The molecule has 0 radical (unpaired) electrons. The van der Waals surface area contributed by atoms with E-state index in [0.717, 1.165) is 31.0 Å². The lowest BCUT2D eigenvalue weighted by Crippen LogP contribution is -2.40. The molecule has 0 aromatic carbocycles. The van der Waals surface area contributed by atoms with Crippen LogP contribution in [0.5, 0.6) is 0 Å². The number of sulfone groups is 1. The van der Waals surface area contributed by atoms with Crippen molar-refractivity contribution in [2.75, 3.05) is 36.0 Å². The lowest BCUT2D eigenvalue weighted by Gasteiger charge is -2.27. The molecule has 19 heavy (non-hydrogen) atoms. The van der Waals surface area contributed by atoms with Crippen LogP contribution in [0.2, 0.25) is 0 Å². The monoisotopic (exact) mass is 283 g/mol. The summed E-state index contributed by atoms with van der Waals surface area (Å²) in [5, 5.41) is 3.32. The van der Waals surface area contributed by atoms with Crippen LogP contribution in [0.25, 0.3) is 0 Å². The third-order valence-electron chi connectivity index (χ3n) is 3.19. The van der Waals surface area contributed by atoms with Crippen LogP contribution in [0.4, 0.5) is 5.82 Å². The first-order valence-corrected chi connectivity index (χ1v) is 8.55. The Labute approximate surface area is 114 Å². The van der Waals surface area contributed by atoms with E-state index in [-0.39, 0.29) is 11.5 Å². The van der Waals surface area contributed by atoms with Crippen LogP contribution in [0, 0.1) is 0 Å². The normalized spacial score (nSPS) is 18.5. The highest BCUT2D eigenvalue weighted by atomic mass is 32.2. The minimum atomic E-state index is -2.83. The largest absolute Gasteiger partial charge is 0.355 e. The van der Waals surface area contributed by atoms with Gasteiger partial charge in [-0.25, -0.2) is 13.4 Å². The van der Waals surface area contributed by atoms with Crippen LogP contribution in [0.1, 0.15) is 19.0 Å². The van der Waals surface area contributed by atoms with Gasteiger partial charge in [0.25, 0.3) is 0 Å². The highest BCUT2D eigenvalue weighted by molar-refractivity contribution is 7.91. The Bertz CT molecular complexity index is 502. The molecule has 0 spiro atoms. The Kier molecular flexibility index (Phi) is 4.76. The first-order valence-electron chi connectivity index (χ1n) is 6.73. The van der Waals surface area contributed by atoms with Crippen molar-refractivity contribution in [3.8, 4) is 0 Å². The predicted octanol–water partition coefficient (Wildman–Crippen LogP) is 0.816. The summed E-state index contributed by atoms with van der Waals surface area (Å²) < 4.78 is 22.8. The Morgan fingerprint density at radius 1 is 1.32 bits per heavy atom. The van der Waals surface area contributed by atoms with Crippen LogP contribution in [-0.2, 0) is 16.4 Å². The number of pyridine rings is 1. The fraction of sp³-hybridized carbons (Fsp3) is 0.615. The van der Waals surface area contributed by atoms with E-state index in [2.05, 4.69) is 17.2 Å². The minimum Gasteiger partial charge on any atom is -0.355 e. The first-order chi connectivity index (χ1) is 9.11. The van der Waals surface area contributed by atoms with Gasteiger partial charge in [0, 0.05) is 19.6 Å². The van der Waals surface area contributed by atoms with Crippen molar-refractivity contribution in [1.29, 1.82) is 0 Å². The molecule has 1 aromatic heterocycles. The number of rotatable bonds is 5. The van der Waals surface area contributed by atoms with Gasteiger partial charge in [0.15, 0.2) is 9.84 Å². The summed E-state index contributed by atoms with van der Waals surface area (Å²) in [5.74, 6) is 1.34. The van der Waals surface area contributed by atoms with Crippen LogP contribution < -0.4 is 10.2 Å². The maximum atomic E-state index is 11.4. The van der Waals surface area contributed by atoms with Crippen LogP contribution in [-0.4, -0.2) is 44.5 Å². The minimum absolute atomic E-state index is 0.229. The summed E-state index contributed by atoms with van der Waals surface area (Å²) in [6, 6.07) is 5.92. The molecule has 1 fully saturated rings. The molecule has 1 aliphatic heterocycles. The fourth-order valence-corrected chi connectivity index (χ4v) is 3.28. The van der Waals surface area contributed by atoms with Crippen molar-refractivity contribution in [2.24, 2.45) is 0 Å². The van der Waals surface area contributed by atoms with Gasteiger partial charge in [-0.05, 0) is 25.1 Å². The molecule has 2 heterocycles. The number of nitrogens with zero attached hydrogens (tertiary/aromatic N) is 2. The van der Waals surface area contributed by atoms with Crippen LogP contribution in [0.15, 0.2) is 18.2 Å². The van der Waals surface area contributed by atoms with Gasteiger partial charge < -0.3 is 10.2 Å². The Morgan fingerprint density at radius 2 is 2.05 bits per heavy atom. The molecule has 5 nitrogen and oxygen atoms in total. The summed E-state index contributed by atoms with van der Waals surface area (Å²) in [6.45, 7) is 4.95. The molecule has 0 atom stereocenters. The highest BCUT2D eigenvalue weighted by Gasteiger charge is 2.22. The maximum Gasteiger partial charge on any atom is 0.153 e. The topological polar surface area (TPSA) is 62.3 Å². The van der Waals surface area contributed by atoms with Crippen molar-refractivity contribution < 1.29 is 8.42 Å². The molecule has 0 bridgehead atoms. The third-order valence-corrected chi connectivity index (χ3v) is 4.80. The molecular formula is C13H21N3O2S. The van der Waals surface area contributed by atoms with Crippen molar-refractivity contribution >= 4 is 15.7 Å². The SMILES string of the molecule is CCCNCc1cccc(N2CCS(=O)(=O)CC2)n1. The van der Waals surface area contributed by atoms with E-state index >= 15 is 0 Å². The van der Waals surface area contributed by atoms with E-state index in [4.69, 9.17) is 0 Å². The number of nitrogens with one attached hydrogen (secondary N) is 1. The molecule has 2 rings (SSSR count). The summed E-state index contributed by atoms with van der Waals surface area (Å²) in [7, 11) is -2.83. The maximum absolute atomic E-state index is 11.4. The van der Waals surface area contributed by atoms with Crippen molar-refractivity contribution in [3.05, 3.63) is 23.9 Å². The summed E-state index contributed by atoms with van der Waals surface area (Å²) >= 11 is 0. The molecule has 1 saturated heterocycles. The Morgan fingerprint density at radius 3 is 2.74 bits per heavy atom. The molecule has 0 amide bonds. The number of hydrogen-bond acceptors (Lipinski definition) is 5. The zero-order valence-corrected chi connectivity index (χ0v) is 12.1. The first kappa shape index (κ1) is 14.3. The number of aromatic nitrogens is 1. The predicted molar refractivity (Wildman–Crippen MR) is 77.1 cm³/mol. The highest BCUT2D eigenvalue weighted by Crippen LogP contribution is 2.15. The van der Waals surface area contributed by atoms with Gasteiger partial charge in [0.05, 0.1) is 17.2 Å². The molecule has 106 valence electrons. The molecule has 1 N–H and O–H groups in total. The second-order valence-electron chi connectivity index (χ2n) is 4.80. The van der Waals surface area contributed by atoms with Gasteiger partial charge >= 0.3 is 0 Å². The van der Waals surface area contributed by atoms with Gasteiger partial charge in [-0.3, -0.25) is 0 Å². The molecule has 6 heteroatoms. The summed E-state index contributed by atoms with van der Waals surface area (Å²) in [5.41, 5.74) is 0.999. The molecule has 1 aliphatic rings. The van der Waals surface area contributed by atoms with Crippen molar-refractivity contribution in [2.45, 2.75) is 19.9 Å². The second-order valence-corrected chi connectivity index (χ2v) is 7.11. The molecule has 1 aromatic rings. The van der Waals surface area contributed by atoms with Gasteiger partial charge in [-0.1, -0.05) is 13.0 Å². The van der Waals surface area contributed by atoms with E-state index in [1.54, 1.807) is 0 Å². The second kappa shape index (κ2) is 6.34. The van der Waals surface area contributed by atoms with E-state index in [1.165, 1.54) is 0 Å². The zero-order valence-electron chi connectivity index (χ0n) is 11.3. The van der Waals surface area contributed by atoms with E-state index in [0.29, 0.717) is 13.1 Å². The van der Waals surface area contributed by atoms with Crippen LogP contribution >= 0.6 is 0 Å². The lowest BCUT2D eigenvalue weighted by atomic mass is 10.3. The molecule has 0 unspecified atom stereocenters. The fourth-order valence-electron chi connectivity index (χ4n) is 2.08. The van der Waals surface area contributed by atoms with E-state index in [9.17, 15) is 8.42 Å². The zero-order chi connectivity index (χ0) is 13.7. The Balaban J connectivity index is 1.99. The quantitative estimate of drug-likeness (QED) is 0.811. The smallest absolute Gasteiger partial charge is 0.153 e. The van der Waals surface area contributed by atoms with E-state index < -0.39 is 9.84 Å². The van der Waals surface area contributed by atoms with E-state index in [1.807, 2.05) is 23.1 Å². The van der Waals surface area contributed by atoms with Crippen molar-refractivity contribution in [1.82, 2.24) is 10.3 Å². The average Bonchev–Trinajstić information content (AvgIpc) is 2.39. The van der Waals surface area contributed by atoms with Crippen LogP contribution in [0.3, 0.4) is 0 Å². The molecule has 0 saturated carbocycles. The van der Waals surface area contributed by atoms with Gasteiger partial charge in [-0.15, -0.1) is 0 Å². The average molecular weight is 283 g/mol. The number of anilines is 1. The van der Waals surface area contributed by atoms with Gasteiger partial charge in [0.1, 0.15) is 5.82 Å². The summed E-state index contributed by atoms with van der Waals surface area (Å²) in [4.78, 5) is 6.63. The van der Waals surface area contributed by atoms with Gasteiger partial charge in [-0.2, -0.15) is 0 Å².